The van der Waals surface area contributed by atoms with Crippen LogP contribution in [0.2, 0.25) is 0 Å². The summed E-state index contributed by atoms with van der Waals surface area (Å²) in [6, 6.07) is 9.34. The van der Waals surface area contributed by atoms with E-state index in [4.69, 9.17) is 0 Å². The molecule has 3 amide bonds. The summed E-state index contributed by atoms with van der Waals surface area (Å²) >= 11 is 0. The van der Waals surface area contributed by atoms with E-state index in [2.05, 4.69) is 10.0 Å². The van der Waals surface area contributed by atoms with Crippen LogP contribution in [-0.4, -0.2) is 44.1 Å². The van der Waals surface area contributed by atoms with E-state index < -0.39 is 15.8 Å². The molecule has 0 atom stereocenters. The molecule has 0 radical (unpaired) electrons. The van der Waals surface area contributed by atoms with E-state index in [1.807, 2.05) is 0 Å². The first-order valence-corrected chi connectivity index (χ1v) is 11.2. The molecule has 1 heterocycles. The van der Waals surface area contributed by atoms with Gasteiger partial charge in [-0.2, -0.15) is 0 Å². The minimum Gasteiger partial charge on any atom is -0.352 e. The Bertz CT molecular complexity index is 1100. The molecule has 0 aromatic heterocycles. The number of amides is 3. The van der Waals surface area contributed by atoms with Gasteiger partial charge in [-0.25, -0.2) is 12.8 Å². The standard InChI is InChI=1S/C21H22FN3O5S/c1-14-13-17(7-8-18(14)22)31(29,30)24-16-5-3-15(4-6-16)21(28)23-11-2-12-25-19(26)9-10-20(25)27/h3-8,13,24H,2,9-12H2,1H3,(H,23,28). The van der Waals surface area contributed by atoms with Crippen LogP contribution in [0.5, 0.6) is 0 Å². The van der Waals surface area contributed by atoms with Gasteiger partial charge in [-0.3, -0.25) is 24.0 Å². The molecule has 164 valence electrons. The normalized spacial score (nSPS) is 14.1. The fraction of sp³-hybridized carbons (Fsp3) is 0.286. The zero-order valence-corrected chi connectivity index (χ0v) is 17.7. The number of aryl methyl sites for hydroxylation is 1. The summed E-state index contributed by atoms with van der Waals surface area (Å²) in [5, 5.41) is 2.70. The highest BCUT2D eigenvalue weighted by Gasteiger charge is 2.27. The Morgan fingerprint density at radius 3 is 2.32 bits per heavy atom. The van der Waals surface area contributed by atoms with Gasteiger partial charge in [-0.15, -0.1) is 0 Å². The van der Waals surface area contributed by atoms with Crippen LogP contribution < -0.4 is 10.0 Å². The zero-order chi connectivity index (χ0) is 22.6. The van der Waals surface area contributed by atoms with Crippen LogP contribution in [-0.2, 0) is 19.6 Å². The van der Waals surface area contributed by atoms with Crippen molar-refractivity contribution < 1.29 is 27.2 Å². The molecule has 2 N–H and O–H groups in total. The maximum atomic E-state index is 13.4. The van der Waals surface area contributed by atoms with Gasteiger partial charge in [0.1, 0.15) is 5.82 Å². The topological polar surface area (TPSA) is 113 Å². The highest BCUT2D eigenvalue weighted by molar-refractivity contribution is 7.92. The zero-order valence-electron chi connectivity index (χ0n) is 16.9. The lowest BCUT2D eigenvalue weighted by atomic mass is 10.2. The second kappa shape index (κ2) is 9.25. The molecule has 0 unspecified atom stereocenters. The van der Waals surface area contributed by atoms with Gasteiger partial charge in [0.15, 0.2) is 0 Å². The summed E-state index contributed by atoms with van der Waals surface area (Å²) in [4.78, 5) is 36.4. The molecule has 10 heteroatoms. The summed E-state index contributed by atoms with van der Waals surface area (Å²) in [6.45, 7) is 2.03. The molecule has 0 bridgehead atoms. The van der Waals surface area contributed by atoms with E-state index in [1.54, 1.807) is 0 Å². The van der Waals surface area contributed by atoms with Crippen molar-refractivity contribution in [2.45, 2.75) is 31.1 Å². The van der Waals surface area contributed by atoms with Gasteiger partial charge in [-0.1, -0.05) is 0 Å². The summed E-state index contributed by atoms with van der Waals surface area (Å²) in [5.41, 5.74) is 0.798. The highest BCUT2D eigenvalue weighted by atomic mass is 32.2. The first kappa shape index (κ1) is 22.4. The minimum atomic E-state index is -3.90. The van der Waals surface area contributed by atoms with E-state index in [1.165, 1.54) is 48.2 Å². The smallest absolute Gasteiger partial charge is 0.261 e. The molecule has 3 rings (SSSR count). The summed E-state index contributed by atoms with van der Waals surface area (Å²) in [6.07, 6.45) is 0.919. The van der Waals surface area contributed by atoms with Crippen molar-refractivity contribution in [1.29, 1.82) is 0 Å². The second-order valence-electron chi connectivity index (χ2n) is 7.14. The lowest BCUT2D eigenvalue weighted by Gasteiger charge is -2.13. The Hall–Kier alpha value is -3.27. The maximum Gasteiger partial charge on any atom is 0.261 e. The van der Waals surface area contributed by atoms with Crippen LogP contribution in [0.4, 0.5) is 10.1 Å². The Kier molecular flexibility index (Phi) is 6.69. The number of nitrogens with zero attached hydrogens (tertiary/aromatic N) is 1. The van der Waals surface area contributed by atoms with Gasteiger partial charge in [-0.05, 0) is 61.4 Å². The molecule has 1 saturated heterocycles. The summed E-state index contributed by atoms with van der Waals surface area (Å²) < 4.78 is 40.7. The van der Waals surface area contributed by atoms with Crippen LogP contribution >= 0.6 is 0 Å². The van der Waals surface area contributed by atoms with Crippen LogP contribution in [0.15, 0.2) is 47.4 Å². The lowest BCUT2D eigenvalue weighted by Crippen LogP contribution is -2.33. The molecule has 1 fully saturated rings. The Labute approximate surface area is 179 Å². The highest BCUT2D eigenvalue weighted by Crippen LogP contribution is 2.19. The van der Waals surface area contributed by atoms with Crippen molar-refractivity contribution in [2.24, 2.45) is 0 Å². The van der Waals surface area contributed by atoms with Gasteiger partial charge >= 0.3 is 0 Å². The monoisotopic (exact) mass is 447 g/mol. The van der Waals surface area contributed by atoms with E-state index in [-0.39, 0.29) is 59.8 Å². The third-order valence-electron chi connectivity index (χ3n) is 4.84. The maximum absolute atomic E-state index is 13.4. The first-order valence-electron chi connectivity index (χ1n) is 9.68. The average Bonchev–Trinajstić information content (AvgIpc) is 3.05. The predicted molar refractivity (Wildman–Crippen MR) is 111 cm³/mol. The Morgan fingerprint density at radius 1 is 1.06 bits per heavy atom. The minimum absolute atomic E-state index is 0.0665. The number of rotatable bonds is 8. The Balaban J connectivity index is 1.53. The number of likely N-dealkylation sites (tertiary alicyclic amines) is 1. The predicted octanol–water partition coefficient (Wildman–Crippen LogP) is 2.20. The largest absolute Gasteiger partial charge is 0.352 e. The number of carbonyl (C=O) groups excluding carboxylic acids is 3. The van der Waals surface area contributed by atoms with Gasteiger partial charge in [0.05, 0.1) is 4.90 Å². The first-order chi connectivity index (χ1) is 14.7. The molecule has 31 heavy (non-hydrogen) atoms. The van der Waals surface area contributed by atoms with Crippen LogP contribution in [0.3, 0.4) is 0 Å². The second-order valence-corrected chi connectivity index (χ2v) is 8.82. The van der Waals surface area contributed by atoms with E-state index in [9.17, 15) is 27.2 Å². The molecular weight excluding hydrogens is 425 g/mol. The van der Waals surface area contributed by atoms with Crippen LogP contribution in [0, 0.1) is 12.7 Å². The molecule has 1 aliphatic heterocycles. The number of carbonyl (C=O) groups is 3. The number of anilines is 1. The molecule has 8 nitrogen and oxygen atoms in total. The molecule has 0 saturated carbocycles. The van der Waals surface area contributed by atoms with Gasteiger partial charge in [0.25, 0.3) is 15.9 Å². The number of hydrogen-bond donors (Lipinski definition) is 2. The van der Waals surface area contributed by atoms with Crippen molar-refractivity contribution in [2.75, 3.05) is 17.8 Å². The van der Waals surface area contributed by atoms with Crippen molar-refractivity contribution in [1.82, 2.24) is 10.2 Å². The van der Waals surface area contributed by atoms with Crippen molar-refractivity contribution in [3.8, 4) is 0 Å². The van der Waals surface area contributed by atoms with E-state index in [0.717, 1.165) is 6.07 Å². The third-order valence-corrected chi connectivity index (χ3v) is 6.22. The summed E-state index contributed by atoms with van der Waals surface area (Å²) in [5.74, 6) is -1.23. The number of hydrogen-bond acceptors (Lipinski definition) is 5. The number of benzene rings is 2. The number of imide groups is 1. The molecular formula is C21H22FN3O5S. The third kappa shape index (κ3) is 5.46. The number of sulfonamides is 1. The van der Waals surface area contributed by atoms with E-state index in [0.29, 0.717) is 12.0 Å². The van der Waals surface area contributed by atoms with Crippen molar-refractivity contribution in [3.63, 3.8) is 0 Å². The molecule has 2 aromatic carbocycles. The molecule has 0 spiro atoms. The summed E-state index contributed by atoms with van der Waals surface area (Å²) in [7, 11) is -3.90. The van der Waals surface area contributed by atoms with Crippen LogP contribution in [0.25, 0.3) is 0 Å². The van der Waals surface area contributed by atoms with Crippen LogP contribution in [0.1, 0.15) is 35.2 Å². The van der Waals surface area contributed by atoms with Gasteiger partial charge in [0, 0.05) is 37.2 Å². The molecule has 2 aromatic rings. The molecule has 1 aliphatic rings. The van der Waals surface area contributed by atoms with Crippen molar-refractivity contribution >= 4 is 33.4 Å². The fourth-order valence-electron chi connectivity index (χ4n) is 3.10. The number of halogens is 1. The lowest BCUT2D eigenvalue weighted by molar-refractivity contribution is -0.138. The Morgan fingerprint density at radius 2 is 1.71 bits per heavy atom. The van der Waals surface area contributed by atoms with Gasteiger partial charge < -0.3 is 5.32 Å². The van der Waals surface area contributed by atoms with Gasteiger partial charge in [0.2, 0.25) is 11.8 Å². The number of nitrogens with one attached hydrogen (secondary N) is 2. The van der Waals surface area contributed by atoms with E-state index >= 15 is 0 Å². The fourth-order valence-corrected chi connectivity index (χ4v) is 4.24. The molecule has 0 aliphatic carbocycles. The average molecular weight is 447 g/mol. The van der Waals surface area contributed by atoms with Crippen molar-refractivity contribution in [3.05, 3.63) is 59.4 Å². The SMILES string of the molecule is Cc1cc(S(=O)(=O)Nc2ccc(C(=O)NCCCN3C(=O)CCC3=O)cc2)ccc1F. The quantitative estimate of drug-likeness (QED) is 0.476.